The number of halogens is 2. The third kappa shape index (κ3) is 3.52. The van der Waals surface area contributed by atoms with Crippen molar-refractivity contribution in [2.75, 3.05) is 17.2 Å². The number of amides is 1. The smallest absolute Gasteiger partial charge is 0.257 e. The molecule has 2 N–H and O–H groups in total. The van der Waals surface area contributed by atoms with Crippen molar-refractivity contribution in [1.29, 1.82) is 0 Å². The summed E-state index contributed by atoms with van der Waals surface area (Å²) in [4.78, 5) is 12.3. The molecule has 0 aliphatic heterocycles. The lowest BCUT2D eigenvalue weighted by molar-refractivity contribution is 0.102. The van der Waals surface area contributed by atoms with E-state index in [1.54, 1.807) is 12.1 Å². The summed E-state index contributed by atoms with van der Waals surface area (Å²) in [5, 5.41) is 5.65. The Morgan fingerprint density at radius 3 is 2.71 bits per heavy atom. The van der Waals surface area contributed by atoms with E-state index in [1.807, 2.05) is 26.0 Å². The van der Waals surface area contributed by atoms with Gasteiger partial charge in [-0.15, -0.1) is 0 Å². The van der Waals surface area contributed by atoms with Gasteiger partial charge in [-0.2, -0.15) is 0 Å². The first kappa shape index (κ1) is 15.3. The summed E-state index contributed by atoms with van der Waals surface area (Å²) >= 11 is 5.71. The van der Waals surface area contributed by atoms with Crippen LogP contribution in [-0.2, 0) is 0 Å². The molecule has 0 aromatic heterocycles. The number of anilines is 2. The van der Waals surface area contributed by atoms with Crippen molar-refractivity contribution in [2.24, 2.45) is 0 Å². The summed E-state index contributed by atoms with van der Waals surface area (Å²) in [5.74, 6) is -1.02. The number of aryl methyl sites for hydroxylation is 1. The fraction of sp³-hybridized carbons (Fsp3) is 0.188. The van der Waals surface area contributed by atoms with Crippen LogP contribution in [0.4, 0.5) is 15.8 Å². The molecule has 21 heavy (non-hydrogen) atoms. The van der Waals surface area contributed by atoms with E-state index in [4.69, 9.17) is 11.6 Å². The third-order valence-corrected chi connectivity index (χ3v) is 3.28. The molecule has 5 heteroatoms. The van der Waals surface area contributed by atoms with Gasteiger partial charge in [-0.25, -0.2) is 4.39 Å². The van der Waals surface area contributed by atoms with E-state index in [0.29, 0.717) is 12.1 Å². The first-order valence-electron chi connectivity index (χ1n) is 6.62. The molecular weight excluding hydrogens is 291 g/mol. The molecule has 0 radical (unpaired) electrons. The van der Waals surface area contributed by atoms with Crippen LogP contribution in [0.1, 0.15) is 22.8 Å². The largest absolute Gasteiger partial charge is 0.385 e. The fourth-order valence-electron chi connectivity index (χ4n) is 1.98. The number of nitrogens with one attached hydrogen (secondary N) is 2. The topological polar surface area (TPSA) is 41.1 Å². The average Bonchev–Trinajstić information content (AvgIpc) is 2.44. The zero-order valence-corrected chi connectivity index (χ0v) is 12.6. The summed E-state index contributed by atoms with van der Waals surface area (Å²) in [6.45, 7) is 4.58. The summed E-state index contributed by atoms with van der Waals surface area (Å²) in [6, 6.07) is 9.92. The van der Waals surface area contributed by atoms with E-state index in [9.17, 15) is 9.18 Å². The van der Waals surface area contributed by atoms with Crippen molar-refractivity contribution in [1.82, 2.24) is 0 Å². The van der Waals surface area contributed by atoms with Crippen LogP contribution in [0.5, 0.6) is 0 Å². The average molecular weight is 307 g/mol. The van der Waals surface area contributed by atoms with Crippen molar-refractivity contribution in [3.05, 3.63) is 58.4 Å². The number of hydrogen-bond acceptors (Lipinski definition) is 2. The van der Waals surface area contributed by atoms with Crippen molar-refractivity contribution in [3.8, 4) is 0 Å². The number of hydrogen-bond donors (Lipinski definition) is 2. The Hall–Kier alpha value is -2.07. The maximum Gasteiger partial charge on any atom is 0.257 e. The second kappa shape index (κ2) is 6.59. The van der Waals surface area contributed by atoms with Crippen LogP contribution >= 0.6 is 11.6 Å². The highest BCUT2D eigenvalue weighted by Crippen LogP contribution is 2.24. The van der Waals surface area contributed by atoms with E-state index in [0.717, 1.165) is 11.3 Å². The molecule has 0 spiro atoms. The third-order valence-electron chi connectivity index (χ3n) is 2.99. The molecule has 0 bridgehead atoms. The number of carbonyl (C=O) groups excluding carboxylic acids is 1. The quantitative estimate of drug-likeness (QED) is 0.875. The minimum atomic E-state index is -0.635. The molecule has 2 aromatic rings. The first-order chi connectivity index (χ1) is 10.0. The fourth-order valence-corrected chi connectivity index (χ4v) is 2.16. The van der Waals surface area contributed by atoms with Crippen molar-refractivity contribution < 1.29 is 9.18 Å². The van der Waals surface area contributed by atoms with Crippen LogP contribution in [0, 0.1) is 12.7 Å². The molecule has 110 valence electrons. The summed E-state index contributed by atoms with van der Waals surface area (Å²) in [5.41, 5.74) is 2.28. The molecule has 0 atom stereocenters. The van der Waals surface area contributed by atoms with Gasteiger partial charge >= 0.3 is 0 Å². The van der Waals surface area contributed by atoms with Crippen molar-refractivity contribution in [3.63, 3.8) is 0 Å². The molecule has 0 aliphatic carbocycles. The normalized spacial score (nSPS) is 10.3. The molecule has 0 heterocycles. The van der Waals surface area contributed by atoms with Gasteiger partial charge in [-0.1, -0.05) is 23.7 Å². The highest BCUT2D eigenvalue weighted by atomic mass is 35.5. The maximum atomic E-state index is 13.8. The van der Waals surface area contributed by atoms with Crippen LogP contribution in [0.15, 0.2) is 36.4 Å². The van der Waals surface area contributed by atoms with Gasteiger partial charge in [-0.05, 0) is 43.7 Å². The van der Waals surface area contributed by atoms with Gasteiger partial charge in [-0.3, -0.25) is 4.79 Å². The summed E-state index contributed by atoms with van der Waals surface area (Å²) < 4.78 is 13.8. The molecular formula is C16H16ClFN2O. The molecule has 2 rings (SSSR count). The van der Waals surface area contributed by atoms with E-state index in [2.05, 4.69) is 10.6 Å². The predicted molar refractivity (Wildman–Crippen MR) is 84.7 cm³/mol. The molecule has 0 saturated carbocycles. The lowest BCUT2D eigenvalue weighted by atomic mass is 10.1. The highest BCUT2D eigenvalue weighted by molar-refractivity contribution is 6.31. The Kier molecular flexibility index (Phi) is 4.81. The van der Waals surface area contributed by atoms with Crippen LogP contribution < -0.4 is 10.6 Å². The van der Waals surface area contributed by atoms with Gasteiger partial charge < -0.3 is 10.6 Å². The van der Waals surface area contributed by atoms with Gasteiger partial charge in [0.05, 0.1) is 16.3 Å². The second-order valence-electron chi connectivity index (χ2n) is 4.63. The van der Waals surface area contributed by atoms with Crippen molar-refractivity contribution in [2.45, 2.75) is 13.8 Å². The molecule has 0 fully saturated rings. The van der Waals surface area contributed by atoms with Crippen LogP contribution in [0.3, 0.4) is 0 Å². The van der Waals surface area contributed by atoms with Gasteiger partial charge in [0.2, 0.25) is 0 Å². The zero-order valence-electron chi connectivity index (χ0n) is 11.8. The molecule has 0 unspecified atom stereocenters. The van der Waals surface area contributed by atoms with Crippen LogP contribution in [-0.4, -0.2) is 12.5 Å². The van der Waals surface area contributed by atoms with E-state index in [1.165, 1.54) is 12.1 Å². The minimum Gasteiger partial charge on any atom is -0.385 e. The van der Waals surface area contributed by atoms with Crippen LogP contribution in [0.25, 0.3) is 0 Å². The van der Waals surface area contributed by atoms with Gasteiger partial charge in [0, 0.05) is 12.2 Å². The Morgan fingerprint density at radius 2 is 2.00 bits per heavy atom. The molecule has 0 aliphatic rings. The maximum absolute atomic E-state index is 13.8. The molecule has 0 saturated heterocycles. The zero-order chi connectivity index (χ0) is 15.4. The van der Waals surface area contributed by atoms with E-state index in [-0.39, 0.29) is 16.6 Å². The SMILES string of the molecule is CCNc1cc(C)ccc1C(=O)Nc1cccc(Cl)c1F. The molecule has 2 aromatic carbocycles. The van der Waals surface area contributed by atoms with Gasteiger partial charge in [0.25, 0.3) is 5.91 Å². The van der Waals surface area contributed by atoms with Crippen molar-refractivity contribution >= 4 is 28.9 Å². The standard InChI is InChI=1S/C16H16ClFN2O/c1-3-19-14-9-10(2)7-8-11(14)16(21)20-13-6-4-5-12(17)15(13)18/h4-9,19H,3H2,1-2H3,(H,20,21). The highest BCUT2D eigenvalue weighted by Gasteiger charge is 2.14. The first-order valence-corrected chi connectivity index (χ1v) is 7.00. The monoisotopic (exact) mass is 306 g/mol. The Bertz CT molecular complexity index is 673. The molecule has 1 amide bonds. The number of benzene rings is 2. The Balaban J connectivity index is 2.30. The number of rotatable bonds is 4. The molecule has 3 nitrogen and oxygen atoms in total. The Morgan fingerprint density at radius 1 is 1.24 bits per heavy atom. The lowest BCUT2D eigenvalue weighted by Crippen LogP contribution is -2.16. The minimum absolute atomic E-state index is 0.0244. The summed E-state index contributed by atoms with van der Waals surface area (Å²) in [6.07, 6.45) is 0. The van der Waals surface area contributed by atoms with Gasteiger partial charge in [0.1, 0.15) is 0 Å². The second-order valence-corrected chi connectivity index (χ2v) is 5.04. The van der Waals surface area contributed by atoms with E-state index >= 15 is 0 Å². The lowest BCUT2D eigenvalue weighted by Gasteiger charge is -2.12. The number of carbonyl (C=O) groups is 1. The summed E-state index contributed by atoms with van der Waals surface area (Å²) in [7, 11) is 0. The van der Waals surface area contributed by atoms with Crippen LogP contribution in [0.2, 0.25) is 5.02 Å². The predicted octanol–water partition coefficient (Wildman–Crippen LogP) is 4.47. The van der Waals surface area contributed by atoms with Gasteiger partial charge in [0.15, 0.2) is 5.82 Å². The van der Waals surface area contributed by atoms with E-state index < -0.39 is 5.82 Å². The Labute approximate surface area is 128 Å².